The molecule has 0 aromatic heterocycles. The number of benzene rings is 1. The molecule has 1 aliphatic rings. The molecule has 1 aromatic carbocycles. The molecule has 0 radical (unpaired) electrons. The molecule has 2 N–H and O–H groups in total. The normalized spacial score (nSPS) is 18.1. The SMILES string of the molecule is CNCC(C)(O)c1cccc2c1OCC2. The molecule has 0 bridgehead atoms. The highest BCUT2D eigenvalue weighted by Gasteiger charge is 2.29. The smallest absolute Gasteiger partial charge is 0.128 e. The zero-order valence-electron chi connectivity index (χ0n) is 9.21. The molecule has 0 aliphatic carbocycles. The average Bonchev–Trinajstić information content (AvgIpc) is 2.64. The predicted octanol–water partition coefficient (Wildman–Crippen LogP) is 1.05. The van der Waals surface area contributed by atoms with Crippen molar-refractivity contribution in [1.82, 2.24) is 5.32 Å². The summed E-state index contributed by atoms with van der Waals surface area (Å²) in [6.07, 6.45) is 0.943. The zero-order chi connectivity index (χ0) is 10.9. The number of rotatable bonds is 3. The second-order valence-electron chi connectivity index (χ2n) is 4.20. The molecular formula is C12H17NO2. The molecule has 2 rings (SSSR count). The van der Waals surface area contributed by atoms with Crippen LogP contribution in [0.15, 0.2) is 18.2 Å². The molecule has 82 valence electrons. The van der Waals surface area contributed by atoms with Gasteiger partial charge in [0.1, 0.15) is 11.4 Å². The van der Waals surface area contributed by atoms with Gasteiger partial charge in [-0.1, -0.05) is 18.2 Å². The number of ether oxygens (including phenoxy) is 1. The fraction of sp³-hybridized carbons (Fsp3) is 0.500. The van der Waals surface area contributed by atoms with Crippen LogP contribution >= 0.6 is 0 Å². The fourth-order valence-electron chi connectivity index (χ4n) is 2.08. The Morgan fingerprint density at radius 2 is 2.33 bits per heavy atom. The number of fused-ring (bicyclic) bond motifs is 1. The molecule has 1 aliphatic heterocycles. The molecule has 3 heteroatoms. The van der Waals surface area contributed by atoms with Crippen molar-refractivity contribution in [2.24, 2.45) is 0 Å². The lowest BCUT2D eigenvalue weighted by atomic mass is 9.93. The van der Waals surface area contributed by atoms with Gasteiger partial charge in [-0.25, -0.2) is 0 Å². The molecule has 1 atom stereocenters. The van der Waals surface area contributed by atoms with E-state index in [1.54, 1.807) is 6.92 Å². The van der Waals surface area contributed by atoms with E-state index < -0.39 is 5.60 Å². The van der Waals surface area contributed by atoms with Gasteiger partial charge >= 0.3 is 0 Å². The first-order valence-corrected chi connectivity index (χ1v) is 5.27. The highest BCUT2D eigenvalue weighted by molar-refractivity contribution is 5.46. The minimum absolute atomic E-state index is 0.521. The van der Waals surface area contributed by atoms with Crippen LogP contribution in [-0.2, 0) is 12.0 Å². The molecule has 15 heavy (non-hydrogen) atoms. The van der Waals surface area contributed by atoms with Crippen LogP contribution < -0.4 is 10.1 Å². The highest BCUT2D eigenvalue weighted by atomic mass is 16.5. The second kappa shape index (κ2) is 3.83. The van der Waals surface area contributed by atoms with Crippen LogP contribution in [0.25, 0.3) is 0 Å². The Morgan fingerprint density at radius 3 is 3.07 bits per heavy atom. The third-order valence-corrected chi connectivity index (χ3v) is 2.82. The largest absolute Gasteiger partial charge is 0.493 e. The zero-order valence-corrected chi connectivity index (χ0v) is 9.21. The summed E-state index contributed by atoms with van der Waals surface area (Å²) < 4.78 is 5.57. The first kappa shape index (κ1) is 10.5. The van der Waals surface area contributed by atoms with Gasteiger partial charge in [0.15, 0.2) is 0 Å². The van der Waals surface area contributed by atoms with Gasteiger partial charge in [0, 0.05) is 18.5 Å². The van der Waals surface area contributed by atoms with Crippen molar-refractivity contribution >= 4 is 0 Å². The van der Waals surface area contributed by atoms with Gasteiger partial charge < -0.3 is 15.2 Å². The summed E-state index contributed by atoms with van der Waals surface area (Å²) in [6.45, 7) is 3.05. The van der Waals surface area contributed by atoms with Crippen molar-refractivity contribution in [3.63, 3.8) is 0 Å². The van der Waals surface area contributed by atoms with Gasteiger partial charge in [0.2, 0.25) is 0 Å². The van der Waals surface area contributed by atoms with Gasteiger partial charge in [-0.05, 0) is 19.5 Å². The van der Waals surface area contributed by atoms with E-state index in [1.807, 2.05) is 19.2 Å². The van der Waals surface area contributed by atoms with Gasteiger partial charge in [-0.2, -0.15) is 0 Å². The topological polar surface area (TPSA) is 41.5 Å². The fourth-order valence-corrected chi connectivity index (χ4v) is 2.08. The summed E-state index contributed by atoms with van der Waals surface area (Å²) in [5.74, 6) is 0.873. The van der Waals surface area contributed by atoms with Crippen molar-refractivity contribution < 1.29 is 9.84 Å². The van der Waals surface area contributed by atoms with Crippen molar-refractivity contribution in [3.05, 3.63) is 29.3 Å². The quantitative estimate of drug-likeness (QED) is 0.778. The summed E-state index contributed by atoms with van der Waals surface area (Å²) >= 11 is 0. The summed E-state index contributed by atoms with van der Waals surface area (Å²) in [7, 11) is 1.83. The van der Waals surface area contributed by atoms with Crippen molar-refractivity contribution in [2.45, 2.75) is 18.9 Å². The average molecular weight is 207 g/mol. The minimum Gasteiger partial charge on any atom is -0.493 e. The van der Waals surface area contributed by atoms with Gasteiger partial charge in [-0.15, -0.1) is 0 Å². The Kier molecular flexibility index (Phi) is 2.67. The molecule has 1 heterocycles. The number of hydrogen-bond donors (Lipinski definition) is 2. The summed E-state index contributed by atoms with van der Waals surface area (Å²) in [4.78, 5) is 0. The molecule has 1 unspecified atom stereocenters. The summed E-state index contributed by atoms with van der Waals surface area (Å²) in [6, 6.07) is 5.97. The number of nitrogens with one attached hydrogen (secondary N) is 1. The van der Waals surface area contributed by atoms with Crippen LogP contribution in [0.5, 0.6) is 5.75 Å². The van der Waals surface area contributed by atoms with Gasteiger partial charge in [0.25, 0.3) is 0 Å². The first-order valence-electron chi connectivity index (χ1n) is 5.27. The standard InChI is InChI=1S/C12H17NO2/c1-12(14,8-13-2)10-5-3-4-9-6-7-15-11(9)10/h3-5,13-14H,6-8H2,1-2H3. The molecular weight excluding hydrogens is 190 g/mol. The number of para-hydroxylation sites is 1. The number of aliphatic hydroxyl groups is 1. The maximum Gasteiger partial charge on any atom is 0.128 e. The molecule has 0 saturated carbocycles. The monoisotopic (exact) mass is 207 g/mol. The Bertz CT molecular complexity index is 361. The van der Waals surface area contributed by atoms with E-state index in [0.29, 0.717) is 6.54 Å². The molecule has 0 spiro atoms. The van der Waals surface area contributed by atoms with E-state index in [4.69, 9.17) is 4.74 Å². The van der Waals surface area contributed by atoms with E-state index >= 15 is 0 Å². The lowest BCUT2D eigenvalue weighted by molar-refractivity contribution is 0.0564. The van der Waals surface area contributed by atoms with Gasteiger partial charge in [-0.3, -0.25) is 0 Å². The molecule has 0 fully saturated rings. The van der Waals surface area contributed by atoms with Crippen molar-refractivity contribution in [1.29, 1.82) is 0 Å². The lowest BCUT2D eigenvalue weighted by Crippen LogP contribution is -2.33. The van der Waals surface area contributed by atoms with E-state index in [0.717, 1.165) is 24.3 Å². The van der Waals surface area contributed by atoms with E-state index in [9.17, 15) is 5.11 Å². The number of hydrogen-bond acceptors (Lipinski definition) is 3. The lowest BCUT2D eigenvalue weighted by Gasteiger charge is -2.25. The highest BCUT2D eigenvalue weighted by Crippen LogP contribution is 2.35. The maximum absolute atomic E-state index is 10.3. The van der Waals surface area contributed by atoms with Crippen LogP contribution in [0.3, 0.4) is 0 Å². The molecule has 0 saturated heterocycles. The molecule has 1 aromatic rings. The third-order valence-electron chi connectivity index (χ3n) is 2.82. The van der Waals surface area contributed by atoms with Crippen LogP contribution in [0.4, 0.5) is 0 Å². The van der Waals surface area contributed by atoms with E-state index in [-0.39, 0.29) is 0 Å². The Labute approximate surface area is 90.1 Å². The number of likely N-dealkylation sites (N-methyl/N-ethyl adjacent to an activating group) is 1. The minimum atomic E-state index is -0.871. The third kappa shape index (κ3) is 1.85. The van der Waals surface area contributed by atoms with Crippen LogP contribution in [-0.4, -0.2) is 25.3 Å². The first-order chi connectivity index (χ1) is 7.15. The Hall–Kier alpha value is -1.06. The Balaban J connectivity index is 2.40. The Morgan fingerprint density at radius 1 is 1.53 bits per heavy atom. The maximum atomic E-state index is 10.3. The molecule has 3 nitrogen and oxygen atoms in total. The van der Waals surface area contributed by atoms with Crippen LogP contribution in [0, 0.1) is 0 Å². The van der Waals surface area contributed by atoms with Gasteiger partial charge in [0.05, 0.1) is 6.61 Å². The van der Waals surface area contributed by atoms with Crippen molar-refractivity contribution in [2.75, 3.05) is 20.2 Å². The van der Waals surface area contributed by atoms with E-state index in [2.05, 4.69) is 11.4 Å². The van der Waals surface area contributed by atoms with E-state index in [1.165, 1.54) is 5.56 Å². The summed E-state index contributed by atoms with van der Waals surface area (Å²) in [5, 5.41) is 13.3. The van der Waals surface area contributed by atoms with Crippen LogP contribution in [0.2, 0.25) is 0 Å². The second-order valence-corrected chi connectivity index (χ2v) is 4.20. The molecule has 0 amide bonds. The van der Waals surface area contributed by atoms with Crippen LogP contribution in [0.1, 0.15) is 18.1 Å². The summed E-state index contributed by atoms with van der Waals surface area (Å²) in [5.41, 5.74) is 1.21. The predicted molar refractivity (Wildman–Crippen MR) is 59.1 cm³/mol. The van der Waals surface area contributed by atoms with Crippen molar-refractivity contribution in [3.8, 4) is 5.75 Å².